The van der Waals surface area contributed by atoms with Crippen LogP contribution >= 0.6 is 0 Å². The molecule has 3 radical (unpaired) electrons. The fourth-order valence-electron chi connectivity index (χ4n) is 5.12. The molecule has 0 aliphatic heterocycles. The van der Waals surface area contributed by atoms with Crippen LogP contribution in [0.25, 0.3) is 0 Å². The second-order valence-electron chi connectivity index (χ2n) is 6.87. The van der Waals surface area contributed by atoms with Gasteiger partial charge in [0.25, 0.3) is 0 Å². The molecule has 0 aromatic heterocycles. The highest BCUT2D eigenvalue weighted by Gasteiger charge is 2.77. The van der Waals surface area contributed by atoms with Crippen LogP contribution in [0.3, 0.4) is 0 Å². The molecule has 2 heteroatoms. The lowest BCUT2D eigenvalue weighted by Gasteiger charge is -2.60. The molecule has 1 spiro atoms. The van der Waals surface area contributed by atoms with E-state index in [-0.39, 0.29) is 5.21 Å². The molecule has 0 nitrogen and oxygen atoms in total. The van der Waals surface area contributed by atoms with Crippen LogP contribution in [0.5, 0.6) is 0 Å². The maximum Gasteiger partial charge on any atom is 0.110 e. The third kappa shape index (κ3) is 1.02. The molecule has 4 unspecified atom stereocenters. The summed E-state index contributed by atoms with van der Waals surface area (Å²) in [6.07, 6.45) is 7.20. The van der Waals surface area contributed by atoms with Crippen molar-refractivity contribution in [3.63, 3.8) is 0 Å². The van der Waals surface area contributed by atoms with Gasteiger partial charge in [0.05, 0.1) is 7.85 Å². The predicted octanol–water partition coefficient (Wildman–Crippen LogP) is 3.40. The maximum absolute atomic E-state index is 6.66. The molecule has 0 heterocycles. The zero-order valence-electron chi connectivity index (χ0n) is 10.3. The van der Waals surface area contributed by atoms with Gasteiger partial charge in [-0.3, -0.25) is 0 Å². The van der Waals surface area contributed by atoms with Gasteiger partial charge in [0, 0.05) is 0 Å². The predicted molar refractivity (Wildman–Crippen MR) is 66.4 cm³/mol. The Kier molecular flexibility index (Phi) is 1.84. The second-order valence-corrected chi connectivity index (χ2v) is 6.87. The minimum Gasteiger partial charge on any atom is -0.0875 e. The Labute approximate surface area is 96.2 Å². The summed E-state index contributed by atoms with van der Waals surface area (Å²) in [7, 11) is 9.07. The molecule has 0 saturated heterocycles. The summed E-state index contributed by atoms with van der Waals surface area (Å²) >= 11 is 0. The molecule has 4 atom stereocenters. The molecule has 0 N–H and O–H groups in total. The topological polar surface area (TPSA) is 0 Å². The Morgan fingerprint density at radius 2 is 2.07 bits per heavy atom. The molecule has 3 aliphatic rings. The molecule has 3 saturated carbocycles. The van der Waals surface area contributed by atoms with Crippen molar-refractivity contribution in [1.29, 1.82) is 0 Å². The van der Waals surface area contributed by atoms with Crippen molar-refractivity contribution in [2.75, 3.05) is 0 Å². The third-order valence-electron chi connectivity index (χ3n) is 5.81. The van der Waals surface area contributed by atoms with Crippen molar-refractivity contribution in [3.8, 4) is 0 Å². The maximum atomic E-state index is 6.66. The van der Waals surface area contributed by atoms with Crippen LogP contribution in [-0.2, 0) is 0 Å². The van der Waals surface area contributed by atoms with Crippen LogP contribution in [0.1, 0.15) is 52.9 Å². The highest BCUT2D eigenvalue weighted by Crippen LogP contribution is 2.87. The van der Waals surface area contributed by atoms with E-state index in [0.29, 0.717) is 16.6 Å². The van der Waals surface area contributed by atoms with Crippen molar-refractivity contribution in [2.24, 2.45) is 16.7 Å². The molecule has 3 rings (SSSR count). The van der Waals surface area contributed by atoms with Crippen LogP contribution in [0.4, 0.5) is 0 Å². The Morgan fingerprint density at radius 3 is 2.47 bits per heavy atom. The Morgan fingerprint density at radius 1 is 1.33 bits per heavy atom. The van der Waals surface area contributed by atoms with E-state index in [9.17, 15) is 0 Å². The van der Waals surface area contributed by atoms with Crippen LogP contribution in [0.15, 0.2) is 0 Å². The molecule has 0 aromatic carbocycles. The molecule has 79 valence electrons. The van der Waals surface area contributed by atoms with Gasteiger partial charge in [-0.2, -0.15) is 0 Å². The zero-order chi connectivity index (χ0) is 10.9. The summed E-state index contributed by atoms with van der Waals surface area (Å²) in [6.45, 7) is 6.80. The van der Waals surface area contributed by atoms with E-state index in [0.717, 1.165) is 5.92 Å². The normalized spacial score (nSPS) is 50.3. The summed E-state index contributed by atoms with van der Waals surface area (Å²) in [6, 6.07) is 0. The van der Waals surface area contributed by atoms with E-state index in [1.807, 2.05) is 0 Å². The highest BCUT2D eigenvalue weighted by atomic mass is 14.8. The molecule has 15 heavy (non-hydrogen) atoms. The zero-order valence-corrected chi connectivity index (χ0v) is 10.3. The standard InChI is InChI=1S/C13H21B2/c1-9(2)15-11(3,14)13-5-4-10-8-12(10,13)6-7-13/h9-10H,4-8H2,1-3H3. The van der Waals surface area contributed by atoms with E-state index in [1.165, 1.54) is 32.1 Å². The Balaban J connectivity index is 1.87. The average Bonchev–Trinajstić information content (AvgIpc) is 2.72. The molecular formula is C13H21B2. The van der Waals surface area contributed by atoms with E-state index in [4.69, 9.17) is 7.85 Å². The van der Waals surface area contributed by atoms with Crippen molar-refractivity contribution in [2.45, 2.75) is 63.9 Å². The minimum absolute atomic E-state index is 0.0231. The lowest BCUT2D eigenvalue weighted by atomic mass is 9.25. The Hall–Kier alpha value is 0.130. The van der Waals surface area contributed by atoms with Crippen molar-refractivity contribution < 1.29 is 0 Å². The van der Waals surface area contributed by atoms with Gasteiger partial charge in [-0.05, 0) is 48.9 Å². The highest BCUT2D eigenvalue weighted by molar-refractivity contribution is 6.55. The fourth-order valence-corrected chi connectivity index (χ4v) is 5.12. The smallest absolute Gasteiger partial charge is 0.0875 e. The minimum atomic E-state index is -0.0231. The van der Waals surface area contributed by atoms with E-state index < -0.39 is 0 Å². The summed E-state index contributed by atoms with van der Waals surface area (Å²) in [5, 5.41) is -0.0231. The first-order chi connectivity index (χ1) is 6.94. The van der Waals surface area contributed by atoms with Crippen LogP contribution < -0.4 is 0 Å². The molecule has 3 aliphatic carbocycles. The van der Waals surface area contributed by atoms with Crippen LogP contribution in [0, 0.1) is 16.7 Å². The van der Waals surface area contributed by atoms with E-state index >= 15 is 0 Å². The van der Waals surface area contributed by atoms with Gasteiger partial charge in [0.2, 0.25) is 0 Å². The van der Waals surface area contributed by atoms with E-state index in [2.05, 4.69) is 28.1 Å². The van der Waals surface area contributed by atoms with Crippen LogP contribution in [0.2, 0.25) is 11.0 Å². The molecule has 0 bridgehead atoms. The van der Waals surface area contributed by atoms with Crippen molar-refractivity contribution >= 4 is 15.1 Å². The average molecular weight is 199 g/mol. The van der Waals surface area contributed by atoms with Gasteiger partial charge >= 0.3 is 0 Å². The first-order valence-corrected chi connectivity index (χ1v) is 6.58. The first-order valence-electron chi connectivity index (χ1n) is 6.58. The summed E-state index contributed by atoms with van der Waals surface area (Å²) in [5.74, 6) is 1.67. The Bertz CT molecular complexity index is 291. The van der Waals surface area contributed by atoms with Crippen molar-refractivity contribution in [3.05, 3.63) is 0 Å². The lowest BCUT2D eigenvalue weighted by Crippen LogP contribution is -2.51. The SMILES string of the molecule is [B]C(C)([B]C(C)C)C12CCC3CC31CC2. The van der Waals surface area contributed by atoms with Crippen LogP contribution in [-0.4, -0.2) is 15.1 Å². The molecule has 3 fully saturated rings. The first kappa shape index (κ1) is 10.3. The van der Waals surface area contributed by atoms with E-state index in [1.54, 1.807) is 0 Å². The third-order valence-corrected chi connectivity index (χ3v) is 5.81. The van der Waals surface area contributed by atoms with Crippen molar-refractivity contribution in [1.82, 2.24) is 0 Å². The summed E-state index contributed by atoms with van der Waals surface area (Å²) in [4.78, 5) is 0. The summed E-state index contributed by atoms with van der Waals surface area (Å²) in [5.41, 5.74) is 1.21. The quantitative estimate of drug-likeness (QED) is 0.611. The molecule has 0 amide bonds. The lowest BCUT2D eigenvalue weighted by molar-refractivity contribution is 0.00164. The largest absolute Gasteiger partial charge is 0.110 e. The van der Waals surface area contributed by atoms with Gasteiger partial charge in [0.15, 0.2) is 0 Å². The molecule has 0 aromatic rings. The van der Waals surface area contributed by atoms with Gasteiger partial charge < -0.3 is 0 Å². The second kappa shape index (κ2) is 2.68. The number of hydrogen-bond donors (Lipinski definition) is 0. The van der Waals surface area contributed by atoms with Gasteiger partial charge in [-0.25, -0.2) is 0 Å². The number of hydrogen-bond acceptors (Lipinski definition) is 0. The van der Waals surface area contributed by atoms with Gasteiger partial charge in [0.1, 0.15) is 7.28 Å². The van der Waals surface area contributed by atoms with Gasteiger partial charge in [-0.15, -0.1) is 0 Å². The monoisotopic (exact) mass is 199 g/mol. The molecular weight excluding hydrogens is 178 g/mol. The summed E-state index contributed by atoms with van der Waals surface area (Å²) < 4.78 is 0. The van der Waals surface area contributed by atoms with Gasteiger partial charge in [-0.1, -0.05) is 31.8 Å². The number of rotatable bonds is 3. The fraction of sp³-hybridized carbons (Fsp3) is 1.00.